The zero-order chi connectivity index (χ0) is 19.0. The molecule has 3 aromatic rings. The molecule has 0 radical (unpaired) electrons. The lowest BCUT2D eigenvalue weighted by Crippen LogP contribution is -2.38. The summed E-state index contributed by atoms with van der Waals surface area (Å²) in [6.07, 6.45) is 3.67. The molecular weight excluding hydrogens is 346 g/mol. The summed E-state index contributed by atoms with van der Waals surface area (Å²) in [7, 11) is 1.88. The second kappa shape index (κ2) is 6.88. The molecular formula is C19H23N5O3. The van der Waals surface area contributed by atoms with Crippen LogP contribution in [0.1, 0.15) is 17.5 Å². The standard InChI is InChI=1S/C19H23N5O3/c1-23(10-19(27)7-6-13-4-2-3-5-15(13)19)17-16-18(21-11-20-17)24(12-22-16)8-14(26)9-25/h2-5,11-12,14,25-27H,6-10H2,1H3. The third-order valence-corrected chi connectivity index (χ3v) is 5.19. The molecule has 2 heterocycles. The highest BCUT2D eigenvalue weighted by Crippen LogP contribution is 2.38. The van der Waals surface area contributed by atoms with Gasteiger partial charge in [-0.05, 0) is 24.0 Å². The van der Waals surface area contributed by atoms with Crippen LogP contribution in [0.25, 0.3) is 11.2 Å². The summed E-state index contributed by atoms with van der Waals surface area (Å²) >= 11 is 0. The first-order chi connectivity index (χ1) is 13.0. The summed E-state index contributed by atoms with van der Waals surface area (Å²) in [5.41, 5.74) is 2.40. The van der Waals surface area contributed by atoms with Gasteiger partial charge in [-0.2, -0.15) is 0 Å². The van der Waals surface area contributed by atoms with E-state index in [2.05, 4.69) is 21.0 Å². The van der Waals surface area contributed by atoms with Gasteiger partial charge in [0.05, 0.1) is 32.1 Å². The van der Waals surface area contributed by atoms with Crippen LogP contribution < -0.4 is 4.90 Å². The van der Waals surface area contributed by atoms with Crippen LogP contribution in [0.3, 0.4) is 0 Å². The maximum absolute atomic E-state index is 11.2. The van der Waals surface area contributed by atoms with Crippen molar-refractivity contribution in [2.75, 3.05) is 25.1 Å². The van der Waals surface area contributed by atoms with E-state index < -0.39 is 11.7 Å². The number of aromatic nitrogens is 4. The van der Waals surface area contributed by atoms with Gasteiger partial charge in [0.1, 0.15) is 11.9 Å². The average Bonchev–Trinajstić information content (AvgIpc) is 3.23. The lowest BCUT2D eigenvalue weighted by atomic mass is 9.95. The molecule has 1 aliphatic rings. The quantitative estimate of drug-likeness (QED) is 0.579. The van der Waals surface area contributed by atoms with Gasteiger partial charge in [-0.3, -0.25) is 0 Å². The van der Waals surface area contributed by atoms with E-state index in [1.807, 2.05) is 30.1 Å². The zero-order valence-corrected chi connectivity index (χ0v) is 15.2. The summed E-state index contributed by atoms with van der Waals surface area (Å²) in [4.78, 5) is 14.9. The number of rotatable bonds is 6. The summed E-state index contributed by atoms with van der Waals surface area (Å²) in [5.74, 6) is 0.620. The first-order valence-electron chi connectivity index (χ1n) is 8.98. The van der Waals surface area contributed by atoms with Crippen LogP contribution in [0.15, 0.2) is 36.9 Å². The molecule has 2 atom stereocenters. The van der Waals surface area contributed by atoms with E-state index in [1.165, 1.54) is 11.9 Å². The lowest BCUT2D eigenvalue weighted by Gasteiger charge is -2.30. The van der Waals surface area contributed by atoms with E-state index in [4.69, 9.17) is 5.11 Å². The van der Waals surface area contributed by atoms with Crippen LogP contribution >= 0.6 is 0 Å². The van der Waals surface area contributed by atoms with Crippen LogP contribution in [0.5, 0.6) is 0 Å². The van der Waals surface area contributed by atoms with Crippen molar-refractivity contribution < 1.29 is 15.3 Å². The predicted octanol–water partition coefficient (Wildman–Crippen LogP) is 0.450. The van der Waals surface area contributed by atoms with E-state index in [0.29, 0.717) is 29.9 Å². The van der Waals surface area contributed by atoms with Gasteiger partial charge in [-0.15, -0.1) is 0 Å². The van der Waals surface area contributed by atoms with Gasteiger partial charge in [0.2, 0.25) is 0 Å². The molecule has 142 valence electrons. The largest absolute Gasteiger partial charge is 0.394 e. The molecule has 8 nitrogen and oxygen atoms in total. The molecule has 2 aromatic heterocycles. The fourth-order valence-corrected chi connectivity index (χ4v) is 3.87. The second-order valence-electron chi connectivity index (χ2n) is 7.15. The van der Waals surface area contributed by atoms with E-state index in [9.17, 15) is 10.2 Å². The topological polar surface area (TPSA) is 108 Å². The van der Waals surface area contributed by atoms with Gasteiger partial charge in [-0.1, -0.05) is 24.3 Å². The molecule has 2 unspecified atom stereocenters. The van der Waals surface area contributed by atoms with Crippen molar-refractivity contribution in [3.63, 3.8) is 0 Å². The smallest absolute Gasteiger partial charge is 0.165 e. The molecule has 0 amide bonds. The van der Waals surface area contributed by atoms with Crippen molar-refractivity contribution in [1.29, 1.82) is 0 Å². The number of nitrogens with zero attached hydrogens (tertiary/aromatic N) is 5. The molecule has 0 spiro atoms. The minimum absolute atomic E-state index is 0.199. The van der Waals surface area contributed by atoms with Gasteiger partial charge in [0, 0.05) is 7.05 Å². The molecule has 1 aromatic carbocycles. The van der Waals surface area contributed by atoms with Crippen LogP contribution in [0, 0.1) is 0 Å². The summed E-state index contributed by atoms with van der Waals surface area (Å²) in [6, 6.07) is 7.99. The average molecular weight is 369 g/mol. The van der Waals surface area contributed by atoms with Gasteiger partial charge in [0.15, 0.2) is 17.0 Å². The van der Waals surface area contributed by atoms with Crippen molar-refractivity contribution >= 4 is 17.0 Å². The van der Waals surface area contributed by atoms with Crippen LogP contribution in [-0.2, 0) is 18.6 Å². The Bertz CT molecular complexity index is 959. The minimum atomic E-state index is -0.932. The predicted molar refractivity (Wildman–Crippen MR) is 100 cm³/mol. The maximum atomic E-state index is 11.2. The van der Waals surface area contributed by atoms with Gasteiger partial charge >= 0.3 is 0 Å². The minimum Gasteiger partial charge on any atom is -0.394 e. The van der Waals surface area contributed by atoms with E-state index in [-0.39, 0.29) is 13.2 Å². The Morgan fingerprint density at radius 1 is 1.26 bits per heavy atom. The van der Waals surface area contributed by atoms with Gasteiger partial charge in [0.25, 0.3) is 0 Å². The Kier molecular flexibility index (Phi) is 4.55. The number of fused-ring (bicyclic) bond motifs is 2. The van der Waals surface area contributed by atoms with Crippen LogP contribution in [0.2, 0.25) is 0 Å². The highest BCUT2D eigenvalue weighted by molar-refractivity contribution is 5.83. The fraction of sp³-hybridized carbons (Fsp3) is 0.421. The number of aliphatic hydroxyl groups is 3. The molecule has 4 rings (SSSR count). The molecule has 0 aliphatic heterocycles. The molecule has 0 saturated heterocycles. The summed E-state index contributed by atoms with van der Waals surface area (Å²) in [6.45, 7) is 0.261. The Morgan fingerprint density at radius 3 is 2.89 bits per heavy atom. The summed E-state index contributed by atoms with van der Waals surface area (Å²) in [5, 5.41) is 30.0. The number of imidazole rings is 1. The molecule has 27 heavy (non-hydrogen) atoms. The molecule has 0 bridgehead atoms. The number of aliphatic hydroxyl groups excluding tert-OH is 2. The van der Waals surface area contributed by atoms with Crippen molar-refractivity contribution in [3.05, 3.63) is 48.0 Å². The number of anilines is 1. The normalized spacial score (nSPS) is 20.0. The Labute approximate surface area is 156 Å². The Hall–Kier alpha value is -2.55. The monoisotopic (exact) mass is 369 g/mol. The lowest BCUT2D eigenvalue weighted by molar-refractivity contribution is 0.0469. The van der Waals surface area contributed by atoms with Gasteiger partial charge in [-0.25, -0.2) is 15.0 Å². The van der Waals surface area contributed by atoms with Crippen molar-refractivity contribution in [1.82, 2.24) is 19.5 Å². The number of benzene rings is 1. The third kappa shape index (κ3) is 3.16. The Balaban J connectivity index is 1.63. The molecule has 0 fully saturated rings. The van der Waals surface area contributed by atoms with Crippen molar-refractivity contribution in [3.8, 4) is 0 Å². The fourth-order valence-electron chi connectivity index (χ4n) is 3.87. The van der Waals surface area contributed by atoms with Crippen molar-refractivity contribution in [2.24, 2.45) is 0 Å². The first kappa shape index (κ1) is 17.8. The highest BCUT2D eigenvalue weighted by atomic mass is 16.3. The molecule has 8 heteroatoms. The second-order valence-corrected chi connectivity index (χ2v) is 7.15. The SMILES string of the molecule is CN(CC1(O)CCc2ccccc21)c1ncnc2c1ncn2CC(O)CO. The maximum Gasteiger partial charge on any atom is 0.165 e. The van der Waals surface area contributed by atoms with Crippen LogP contribution in [-0.4, -0.2) is 61.1 Å². The zero-order valence-electron chi connectivity index (χ0n) is 15.2. The van der Waals surface area contributed by atoms with E-state index >= 15 is 0 Å². The molecule has 3 N–H and O–H groups in total. The van der Waals surface area contributed by atoms with Crippen molar-refractivity contribution in [2.45, 2.75) is 31.1 Å². The number of hydrogen-bond acceptors (Lipinski definition) is 7. The van der Waals surface area contributed by atoms with E-state index in [1.54, 1.807) is 10.9 Å². The van der Waals surface area contributed by atoms with Crippen LogP contribution in [0.4, 0.5) is 5.82 Å². The Morgan fingerprint density at radius 2 is 2.07 bits per heavy atom. The highest BCUT2D eigenvalue weighted by Gasteiger charge is 2.38. The first-order valence-corrected chi connectivity index (χ1v) is 8.98. The van der Waals surface area contributed by atoms with E-state index in [0.717, 1.165) is 12.0 Å². The molecule has 0 saturated carbocycles. The molecule has 1 aliphatic carbocycles. The van der Waals surface area contributed by atoms with Gasteiger partial charge < -0.3 is 24.8 Å². The number of hydrogen-bond donors (Lipinski definition) is 3. The third-order valence-electron chi connectivity index (χ3n) is 5.19. The number of likely N-dealkylation sites (N-methyl/N-ethyl adjacent to an activating group) is 1. The number of aryl methyl sites for hydroxylation is 1. The summed E-state index contributed by atoms with van der Waals surface area (Å²) < 4.78 is 1.69.